The highest BCUT2D eigenvalue weighted by Gasteiger charge is 2.62. The third kappa shape index (κ3) is 23.4. The summed E-state index contributed by atoms with van der Waals surface area (Å²) in [4.78, 5) is 91.2. The number of carboxylic acids is 2. The number of fused-ring (bicyclic) bond motifs is 3. The number of carbonyl (C=O) groups excluding carboxylic acids is 5. The van der Waals surface area contributed by atoms with E-state index in [2.05, 4.69) is 28.1 Å². The fourth-order valence-electron chi connectivity index (χ4n) is 22.6. The number of alkyl carbamates (subject to hydrolysis) is 1. The minimum Gasteiger partial charge on any atom is -0.784 e. The third-order valence-electron chi connectivity index (χ3n) is 26.4. The molecule has 3 amide bonds. The molecular weight excluding hydrogens is 1650 g/mol. The number of hydrogen-bond acceptors (Lipinski definition) is 26. The zero-order chi connectivity index (χ0) is 97.8. The molecule has 6 saturated heterocycles. The van der Waals surface area contributed by atoms with Crippen molar-refractivity contribution in [2.24, 2.45) is 17.2 Å². The molecule has 5 aromatic carbocycles. The molecule has 129 heavy (non-hydrogen) atoms. The number of hydroxylamine groups is 12. The van der Waals surface area contributed by atoms with Crippen LogP contribution in [0.15, 0.2) is 121 Å². The second-order valence-corrected chi connectivity index (χ2v) is 45.3. The molecule has 1 aliphatic carbocycles. The van der Waals surface area contributed by atoms with E-state index in [-0.39, 0.29) is 103 Å². The van der Waals surface area contributed by atoms with Crippen LogP contribution in [0.1, 0.15) is 288 Å². The molecule has 0 unspecified atom stereocenters. The van der Waals surface area contributed by atoms with E-state index in [1.807, 2.05) is 146 Å². The molecule has 6 fully saturated rings. The van der Waals surface area contributed by atoms with Crippen molar-refractivity contribution >= 4 is 41.8 Å². The fourth-order valence-corrected chi connectivity index (χ4v) is 22.6. The normalized spacial score (nSPS) is 23.8. The smallest absolute Gasteiger partial charge is 0.408 e. The van der Waals surface area contributed by atoms with Crippen molar-refractivity contribution in [3.63, 3.8) is 0 Å². The number of aliphatic carboxylic acids is 2. The zero-order valence-electron chi connectivity index (χ0n) is 81.0. The van der Waals surface area contributed by atoms with Crippen molar-refractivity contribution < 1.29 is 63.1 Å². The van der Waals surface area contributed by atoms with Crippen molar-refractivity contribution in [3.05, 3.63) is 192 Å². The standard InChI is InChI=1S/C28H44N4O5.C25H29N2O5.C20H36N4O5.C18H27N2O3.C7H8O/c1-19-10-12-20(13-11-19)14-37-22(34)28(17-25(6,7)32(36)26(8,9)18-28)30-21(33)27(29)15-23(2,3)31(35)24(4,5)16-27;1-23(2)14-25(21(28)29,15-24(3,4)27(23)31)26-22(30)32-13-20-18-11-7-5-9-16(18)17-10-6-8-12-19(17)20;1-15(2)9-19(21,10-16(3,4)23(15)28)13(25)22-20(14(26)27)11-17(5,6)24(29)18(7,8)12-20;1-13-6-8-14(9-7-13)10-23-15(21)18(19)11-16(2,3)20(22)17(4,5)12-18;1-6-2-4-7(8)5-3-6/h10-13H,14-18,29H2,1-9H3,(H,30,33);5-12,20H,13-15H2,1-4H3,(H,26,30)(H,28,29);9-12,21H2,1-8H3,(H,22,25)(H,26,27);6-9H,10-12,19H2,1-5H3;2-5,8H,1H3/q-2;-1;-2;-1;. The highest BCUT2D eigenvalue weighted by atomic mass is 16.6. The summed E-state index contributed by atoms with van der Waals surface area (Å²) in [5, 5.41) is 119. The van der Waals surface area contributed by atoms with Crippen LogP contribution in [-0.2, 0) is 56.2 Å². The van der Waals surface area contributed by atoms with Crippen molar-refractivity contribution in [3.8, 4) is 16.9 Å². The molecule has 0 saturated carbocycles. The van der Waals surface area contributed by atoms with Crippen LogP contribution in [0.2, 0.25) is 0 Å². The minimum absolute atomic E-state index is 0.0214. The number of piperidine rings is 6. The van der Waals surface area contributed by atoms with E-state index in [9.17, 15) is 75.0 Å². The topological polar surface area (TPSA) is 480 Å². The predicted molar refractivity (Wildman–Crippen MR) is 499 cm³/mol. The average molecular weight is 1790 g/mol. The Labute approximate surface area is 762 Å². The minimum atomic E-state index is -1.62. The number of aromatic hydroxyl groups is 1. The maximum atomic E-state index is 13.9. The molecule has 6 aliphatic heterocycles. The van der Waals surface area contributed by atoms with Crippen molar-refractivity contribution in [1.82, 2.24) is 46.3 Å². The van der Waals surface area contributed by atoms with E-state index in [1.54, 1.807) is 151 Å². The molecule has 0 bridgehead atoms. The van der Waals surface area contributed by atoms with Gasteiger partial charge in [0.25, 0.3) is 0 Å². The Morgan fingerprint density at radius 1 is 0.333 bits per heavy atom. The van der Waals surface area contributed by atoms with Crippen LogP contribution in [0.3, 0.4) is 0 Å². The van der Waals surface area contributed by atoms with Crippen molar-refractivity contribution in [1.29, 1.82) is 0 Å². The van der Waals surface area contributed by atoms with E-state index in [0.717, 1.165) is 74.9 Å². The molecule has 12 N–H and O–H groups in total. The van der Waals surface area contributed by atoms with Gasteiger partial charge >= 0.3 is 30.0 Å². The van der Waals surface area contributed by atoms with Crippen molar-refractivity contribution in [2.75, 3.05) is 6.61 Å². The van der Waals surface area contributed by atoms with E-state index in [1.165, 1.54) is 5.56 Å². The summed E-state index contributed by atoms with van der Waals surface area (Å²) in [5.41, 5.74) is 9.75. The second-order valence-electron chi connectivity index (χ2n) is 45.3. The van der Waals surface area contributed by atoms with Gasteiger partial charge in [-0.05, 0) is 310 Å². The lowest BCUT2D eigenvalue weighted by atomic mass is 9.68. The molecule has 5 aromatic rings. The number of rotatable bonds is 15. The lowest BCUT2D eigenvalue weighted by molar-refractivity contribution is -0.166. The number of phenolic OH excluding ortho intramolecular Hbond substituents is 1. The Balaban J connectivity index is 0.000000208. The number of benzene rings is 5. The Hall–Kier alpha value is -8.61. The van der Waals surface area contributed by atoms with Crippen LogP contribution >= 0.6 is 0 Å². The highest BCUT2D eigenvalue weighted by Crippen LogP contribution is 2.52. The number of carboxylic acid groups (broad SMARTS) is 2. The molecule has 31 heteroatoms. The van der Waals surface area contributed by atoms with Gasteiger partial charge in [-0.2, -0.15) is 0 Å². The molecule has 0 radical (unpaired) electrons. The SMILES string of the molecule is CC1(C)CC(N)(C(=O)NC2(C(=O)O)CC(C)(C)N([O-])C(C)(C)C2)CC(C)(C)N1[O-].CC1(C)CC(NC(=O)OCC2c3ccccc3-c3ccccc32)(C(=O)O)CC(C)(C)N1[O-].Cc1ccc(COC(=O)C2(N)CC(C)(C)N([O-])C(C)(C)C2)cc1.Cc1ccc(COC(=O)C2(NC(=O)C3(N)CC(C)(C)N([O-])C(C)(C)C3)CC(C)(C)N([O-])C(C)(C)C2)cc1.Cc1ccc(O)cc1. The quantitative estimate of drug-likeness (QED) is 0.0347. The summed E-state index contributed by atoms with van der Waals surface area (Å²) in [6.45, 7) is 48.0. The first-order valence-corrected chi connectivity index (χ1v) is 44.3. The van der Waals surface area contributed by atoms with Gasteiger partial charge in [0.1, 0.15) is 47.7 Å². The maximum Gasteiger partial charge on any atom is 0.408 e. The monoisotopic (exact) mass is 1790 g/mol. The summed E-state index contributed by atoms with van der Waals surface area (Å²) in [6, 6.07) is 38.6. The Morgan fingerprint density at radius 3 is 0.860 bits per heavy atom. The Bertz CT molecular complexity index is 4690. The summed E-state index contributed by atoms with van der Waals surface area (Å²) in [5.74, 6) is -4.30. The van der Waals surface area contributed by atoms with E-state index >= 15 is 0 Å². The van der Waals surface area contributed by atoms with Crippen LogP contribution in [-0.4, -0.2) is 194 Å². The van der Waals surface area contributed by atoms with Gasteiger partial charge in [-0.15, -0.1) is 0 Å². The largest absolute Gasteiger partial charge is 0.784 e. The number of nitrogens with two attached hydrogens (primary N) is 3. The molecule has 6 heterocycles. The molecule has 716 valence electrons. The van der Waals surface area contributed by atoms with Gasteiger partial charge in [-0.3, -0.25) is 14.4 Å². The Kier molecular flexibility index (Phi) is 30.4. The molecule has 12 rings (SSSR count). The first-order chi connectivity index (χ1) is 58.6. The summed E-state index contributed by atoms with van der Waals surface area (Å²) < 4.78 is 16.8. The number of esters is 2. The summed E-state index contributed by atoms with van der Waals surface area (Å²) >= 11 is 0. The highest BCUT2D eigenvalue weighted by molar-refractivity contribution is 5.94. The fraction of sp³-hybridized carbons (Fsp3) is 0.622. The Morgan fingerprint density at radius 2 is 0.574 bits per heavy atom. The van der Waals surface area contributed by atoms with Crippen LogP contribution < -0.4 is 33.2 Å². The van der Waals surface area contributed by atoms with E-state index < -0.39 is 141 Å². The first kappa shape index (κ1) is 106. The maximum absolute atomic E-state index is 13.9. The van der Waals surface area contributed by atoms with Crippen LogP contribution in [0.25, 0.3) is 11.1 Å². The molecule has 0 aromatic heterocycles. The van der Waals surface area contributed by atoms with Crippen LogP contribution in [0.5, 0.6) is 5.75 Å². The van der Waals surface area contributed by atoms with E-state index in [0.29, 0.717) is 5.75 Å². The van der Waals surface area contributed by atoms with Crippen LogP contribution in [0.4, 0.5) is 4.79 Å². The number of carbonyl (C=O) groups is 7. The number of aryl methyl sites for hydroxylation is 3. The number of nitrogens with one attached hydrogen (secondary N) is 3. The lowest BCUT2D eigenvalue weighted by Gasteiger charge is -2.64. The lowest BCUT2D eigenvalue weighted by Crippen LogP contribution is -2.75. The number of hydrogen-bond donors (Lipinski definition) is 9. The molecular formula is C98H144N12O19-6. The zero-order valence-corrected chi connectivity index (χ0v) is 81.0. The first-order valence-electron chi connectivity index (χ1n) is 44.3. The van der Waals surface area contributed by atoms with Gasteiger partial charge in [0.2, 0.25) is 11.8 Å². The number of ether oxygens (including phenoxy) is 3. The van der Waals surface area contributed by atoms with Gasteiger partial charge < -0.3 is 124 Å². The number of nitrogens with zero attached hydrogens (tertiary/aromatic N) is 6. The van der Waals surface area contributed by atoms with Gasteiger partial charge in [-0.1, -0.05) is 126 Å². The predicted octanol–water partition coefficient (Wildman–Crippen LogP) is 14.9. The van der Waals surface area contributed by atoms with E-state index in [4.69, 9.17) is 36.5 Å². The second kappa shape index (κ2) is 37.1. The number of phenols is 1. The van der Waals surface area contributed by atoms with Gasteiger partial charge in [0.15, 0.2) is 0 Å². The average Bonchev–Trinajstić information content (AvgIpc) is 1.62. The molecule has 7 aliphatic rings. The molecule has 31 nitrogen and oxygen atoms in total. The molecule has 0 spiro atoms. The van der Waals surface area contributed by atoms with Crippen molar-refractivity contribution in [2.45, 2.75) is 383 Å². The summed E-state index contributed by atoms with van der Waals surface area (Å²) in [6.07, 6.45) is 0.155. The van der Waals surface area contributed by atoms with Gasteiger partial charge in [0, 0.05) is 72.4 Å². The van der Waals surface area contributed by atoms with Gasteiger partial charge in [0.05, 0.1) is 11.1 Å². The van der Waals surface area contributed by atoms with Crippen LogP contribution in [0, 0.1) is 52.0 Å². The molecule has 0 atom stereocenters. The third-order valence-corrected chi connectivity index (χ3v) is 26.4. The summed E-state index contributed by atoms with van der Waals surface area (Å²) in [7, 11) is 0. The van der Waals surface area contributed by atoms with Gasteiger partial charge in [-0.25, -0.2) is 19.2 Å². The number of amides is 3.